The van der Waals surface area contributed by atoms with E-state index in [9.17, 15) is 10.1 Å². The van der Waals surface area contributed by atoms with Crippen molar-refractivity contribution >= 4 is 23.3 Å². The van der Waals surface area contributed by atoms with Crippen LogP contribution in [0.5, 0.6) is 0 Å². The molecule has 0 bridgehead atoms. The van der Waals surface area contributed by atoms with Crippen molar-refractivity contribution in [3.8, 4) is 6.07 Å². The molecule has 2 aromatic rings. The Morgan fingerprint density at radius 3 is 2.44 bits per heavy atom. The molecule has 1 amide bonds. The van der Waals surface area contributed by atoms with E-state index in [2.05, 4.69) is 55.0 Å². The Morgan fingerprint density at radius 2 is 1.83 bits per heavy atom. The summed E-state index contributed by atoms with van der Waals surface area (Å²) in [5.74, 6) is 0.147. The minimum atomic E-state index is -0.234. The first-order chi connectivity index (χ1) is 19.5. The summed E-state index contributed by atoms with van der Waals surface area (Å²) in [4.78, 5) is 24.0. The molecular formula is C32H45ClN6O2. The zero-order chi connectivity index (χ0) is 29.6. The van der Waals surface area contributed by atoms with Crippen LogP contribution in [0, 0.1) is 16.7 Å². The molecule has 0 atom stereocenters. The first-order valence-electron chi connectivity index (χ1n) is 15.0. The number of benzene rings is 1. The predicted octanol–water partition coefficient (Wildman–Crippen LogP) is 6.68. The molecule has 1 aromatic carbocycles. The molecule has 1 aromatic heterocycles. The van der Waals surface area contributed by atoms with Crippen LogP contribution >= 0.6 is 11.6 Å². The van der Waals surface area contributed by atoms with Gasteiger partial charge in [0.25, 0.3) is 5.91 Å². The summed E-state index contributed by atoms with van der Waals surface area (Å²) in [5, 5.41) is 11.3. The van der Waals surface area contributed by atoms with Gasteiger partial charge in [0.05, 0.1) is 24.4 Å². The predicted molar refractivity (Wildman–Crippen MR) is 163 cm³/mol. The van der Waals surface area contributed by atoms with E-state index in [1.165, 1.54) is 11.8 Å². The molecule has 1 N–H and O–H groups in total. The van der Waals surface area contributed by atoms with Crippen LogP contribution in [0.3, 0.4) is 0 Å². The number of nitrogens with one attached hydrogen (secondary N) is 1. The molecule has 41 heavy (non-hydrogen) atoms. The van der Waals surface area contributed by atoms with Crippen molar-refractivity contribution in [1.82, 2.24) is 20.3 Å². The van der Waals surface area contributed by atoms with Crippen molar-refractivity contribution in [2.45, 2.75) is 110 Å². The maximum atomic E-state index is 13.3. The molecule has 0 spiro atoms. The largest absolute Gasteiger partial charge is 0.375 e. The van der Waals surface area contributed by atoms with Gasteiger partial charge in [-0.1, -0.05) is 57.3 Å². The highest BCUT2D eigenvalue weighted by Gasteiger charge is 2.35. The molecule has 0 unspecified atom stereocenters. The van der Waals surface area contributed by atoms with Crippen LogP contribution in [-0.4, -0.2) is 52.1 Å². The van der Waals surface area contributed by atoms with Crippen molar-refractivity contribution in [1.29, 1.82) is 5.26 Å². The van der Waals surface area contributed by atoms with Gasteiger partial charge in [0.1, 0.15) is 11.1 Å². The Kier molecular flexibility index (Phi) is 10.3. The summed E-state index contributed by atoms with van der Waals surface area (Å²) in [5.41, 5.74) is 4.94. The van der Waals surface area contributed by atoms with E-state index in [4.69, 9.17) is 16.3 Å². The lowest BCUT2D eigenvalue weighted by atomic mass is 9.82. The number of amides is 1. The first kappa shape index (κ1) is 31.2. The molecule has 0 saturated heterocycles. The number of nitriles is 1. The topological polar surface area (TPSA) is 94.4 Å². The van der Waals surface area contributed by atoms with E-state index in [0.717, 1.165) is 70.9 Å². The van der Waals surface area contributed by atoms with E-state index in [1.807, 2.05) is 30.3 Å². The number of hydrogen-bond acceptors (Lipinski definition) is 7. The maximum Gasteiger partial charge on any atom is 0.269 e. The number of anilines is 1. The summed E-state index contributed by atoms with van der Waals surface area (Å²) in [6, 6.07) is 10.3. The smallest absolute Gasteiger partial charge is 0.269 e. The van der Waals surface area contributed by atoms with E-state index < -0.39 is 0 Å². The average Bonchev–Trinajstić information content (AvgIpc) is 3.51. The molecule has 0 aliphatic heterocycles. The van der Waals surface area contributed by atoms with Crippen molar-refractivity contribution in [3.05, 3.63) is 52.4 Å². The number of carbonyl (C=O) groups excluding carboxylic acids is 1. The van der Waals surface area contributed by atoms with Gasteiger partial charge in [-0.2, -0.15) is 10.2 Å². The highest BCUT2D eigenvalue weighted by atomic mass is 35.5. The van der Waals surface area contributed by atoms with E-state index in [0.29, 0.717) is 22.4 Å². The van der Waals surface area contributed by atoms with Crippen LogP contribution in [0.1, 0.15) is 107 Å². The number of hydrogen-bond donors (Lipinski definition) is 1. The summed E-state index contributed by atoms with van der Waals surface area (Å²) < 4.78 is 6.43. The lowest BCUT2D eigenvalue weighted by Crippen LogP contribution is -2.48. The molecule has 222 valence electrons. The zero-order valence-corrected chi connectivity index (χ0v) is 26.0. The SMILES string of the molecule is CCC(C)(C)COC1(C)CCC(N(C)Cc2ccc(C(=O)NN(c3nc(C#N)ncc3Cl)C3CCCC3)cc2)CC1. The lowest BCUT2D eigenvalue weighted by molar-refractivity contribution is -0.0952. The van der Waals surface area contributed by atoms with Gasteiger partial charge in [-0.25, -0.2) is 4.98 Å². The molecular weight excluding hydrogens is 536 g/mol. The van der Waals surface area contributed by atoms with Crippen LogP contribution in [0.15, 0.2) is 30.5 Å². The Balaban J connectivity index is 1.34. The lowest BCUT2D eigenvalue weighted by Gasteiger charge is -2.42. The number of ether oxygens (including phenoxy) is 1. The molecule has 4 rings (SSSR count). The van der Waals surface area contributed by atoms with Gasteiger partial charge in [0.2, 0.25) is 5.82 Å². The zero-order valence-electron chi connectivity index (χ0n) is 25.3. The van der Waals surface area contributed by atoms with Gasteiger partial charge >= 0.3 is 0 Å². The van der Waals surface area contributed by atoms with Gasteiger partial charge in [-0.3, -0.25) is 20.1 Å². The second kappa shape index (κ2) is 13.5. The van der Waals surface area contributed by atoms with Gasteiger partial charge < -0.3 is 4.74 Å². The number of aromatic nitrogens is 2. The van der Waals surface area contributed by atoms with Crippen LogP contribution in [0.4, 0.5) is 5.82 Å². The van der Waals surface area contributed by atoms with Crippen molar-refractivity contribution in [2.75, 3.05) is 18.7 Å². The van der Waals surface area contributed by atoms with Gasteiger partial charge in [0.15, 0.2) is 5.82 Å². The highest BCUT2D eigenvalue weighted by Crippen LogP contribution is 2.36. The second-order valence-corrected chi connectivity index (χ2v) is 13.2. The molecule has 0 radical (unpaired) electrons. The highest BCUT2D eigenvalue weighted by molar-refractivity contribution is 6.32. The Morgan fingerprint density at radius 1 is 1.17 bits per heavy atom. The molecule has 8 nitrogen and oxygen atoms in total. The molecule has 1 heterocycles. The quantitative estimate of drug-likeness (QED) is 0.296. The fourth-order valence-electron chi connectivity index (χ4n) is 5.68. The summed E-state index contributed by atoms with van der Waals surface area (Å²) in [6.07, 6.45) is 10.9. The molecule has 2 aliphatic carbocycles. The first-order valence-corrected chi connectivity index (χ1v) is 15.4. The Bertz CT molecular complexity index is 1210. The monoisotopic (exact) mass is 580 g/mol. The minimum Gasteiger partial charge on any atom is -0.375 e. The number of halogens is 1. The standard InChI is InChI=1S/C32H45ClN6O2/c1-6-31(2,3)22-41-32(4)17-15-25(16-18-32)38(5)21-23-11-13-24(14-12-23)30(40)37-39(26-9-7-8-10-26)29-27(33)20-35-28(19-34)36-29/h11-14,20,25-26H,6-10,15-18,21-22H2,1-5H3,(H,37,40). The molecule has 2 aliphatic rings. The van der Waals surface area contributed by atoms with Crippen LogP contribution in [0.2, 0.25) is 5.02 Å². The van der Waals surface area contributed by atoms with Crippen molar-refractivity contribution < 1.29 is 9.53 Å². The number of nitrogens with zero attached hydrogens (tertiary/aromatic N) is 5. The van der Waals surface area contributed by atoms with Crippen LogP contribution in [0.25, 0.3) is 0 Å². The third kappa shape index (κ3) is 8.18. The normalized spacial score (nSPS) is 21.6. The van der Waals surface area contributed by atoms with Crippen molar-refractivity contribution in [3.63, 3.8) is 0 Å². The van der Waals surface area contributed by atoms with Gasteiger partial charge in [0, 0.05) is 18.2 Å². The molecule has 9 heteroatoms. The van der Waals surface area contributed by atoms with Gasteiger partial charge in [-0.15, -0.1) is 0 Å². The van der Waals surface area contributed by atoms with E-state index in [-0.39, 0.29) is 28.8 Å². The third-order valence-corrected chi connectivity index (χ3v) is 9.28. The fourth-order valence-corrected chi connectivity index (χ4v) is 5.87. The summed E-state index contributed by atoms with van der Waals surface area (Å²) in [7, 11) is 2.19. The number of rotatable bonds is 11. The van der Waals surface area contributed by atoms with Crippen molar-refractivity contribution in [2.24, 2.45) is 5.41 Å². The summed E-state index contributed by atoms with van der Waals surface area (Å²) in [6.45, 7) is 10.7. The third-order valence-electron chi connectivity index (χ3n) is 9.02. The van der Waals surface area contributed by atoms with Crippen LogP contribution < -0.4 is 10.4 Å². The molecule has 2 fully saturated rings. The molecule has 2 saturated carbocycles. The maximum absolute atomic E-state index is 13.3. The van der Waals surface area contributed by atoms with Crippen LogP contribution in [-0.2, 0) is 11.3 Å². The Labute approximate surface area is 250 Å². The summed E-state index contributed by atoms with van der Waals surface area (Å²) >= 11 is 6.41. The average molecular weight is 581 g/mol. The fraction of sp³-hybridized carbons (Fsp3) is 0.625. The van der Waals surface area contributed by atoms with Gasteiger partial charge in [-0.05, 0) is 82.0 Å². The Hall–Kier alpha value is -2.73. The van der Waals surface area contributed by atoms with E-state index in [1.54, 1.807) is 5.01 Å². The number of hydrazine groups is 1. The minimum absolute atomic E-state index is 0.0191. The number of carbonyl (C=O) groups is 1. The second-order valence-electron chi connectivity index (χ2n) is 12.8. The van der Waals surface area contributed by atoms with E-state index >= 15 is 0 Å².